The molecule has 4 rings (SSSR count). The molecule has 4 aromatic rings. The molecule has 0 amide bonds. The summed E-state index contributed by atoms with van der Waals surface area (Å²) < 4.78 is 18.8. The third kappa shape index (κ3) is 3.59. The maximum absolute atomic E-state index is 13.0. The van der Waals surface area contributed by atoms with Crippen molar-refractivity contribution in [2.45, 2.75) is 6.54 Å². The number of hydrogen-bond donors (Lipinski definition) is 1. The first-order valence-electron chi connectivity index (χ1n) is 8.10. The molecule has 0 aliphatic heterocycles. The van der Waals surface area contributed by atoms with Crippen LogP contribution in [0.1, 0.15) is 5.76 Å². The van der Waals surface area contributed by atoms with Crippen LogP contribution in [-0.4, -0.2) is 15.0 Å². The van der Waals surface area contributed by atoms with Crippen LogP contribution in [-0.2, 0) is 6.54 Å². The number of rotatable bonds is 5. The number of furan rings is 1. The van der Waals surface area contributed by atoms with Gasteiger partial charge in [0.2, 0.25) is 5.95 Å². The molecule has 26 heavy (non-hydrogen) atoms. The summed E-state index contributed by atoms with van der Waals surface area (Å²) in [7, 11) is 0. The van der Waals surface area contributed by atoms with Crippen molar-refractivity contribution < 1.29 is 8.81 Å². The zero-order valence-corrected chi connectivity index (χ0v) is 13.8. The summed E-state index contributed by atoms with van der Waals surface area (Å²) in [4.78, 5) is 12.8. The van der Waals surface area contributed by atoms with Crippen molar-refractivity contribution in [3.63, 3.8) is 0 Å². The summed E-state index contributed by atoms with van der Waals surface area (Å²) in [5, 5.41) is 3.15. The molecule has 3 heterocycles. The van der Waals surface area contributed by atoms with Gasteiger partial charge in [-0.1, -0.05) is 0 Å². The number of hydrogen-bond acceptors (Lipinski definition) is 5. The van der Waals surface area contributed by atoms with Gasteiger partial charge in [0.15, 0.2) is 0 Å². The Hall–Kier alpha value is -3.54. The van der Waals surface area contributed by atoms with Crippen LogP contribution in [0.3, 0.4) is 0 Å². The Bertz CT molecular complexity index is 1000. The molecule has 0 aliphatic rings. The van der Waals surface area contributed by atoms with Gasteiger partial charge >= 0.3 is 0 Å². The summed E-state index contributed by atoms with van der Waals surface area (Å²) >= 11 is 0. The van der Waals surface area contributed by atoms with Crippen molar-refractivity contribution in [2.75, 3.05) is 5.32 Å². The maximum Gasteiger partial charge on any atom is 0.223 e. The van der Waals surface area contributed by atoms with Crippen LogP contribution in [0, 0.1) is 5.82 Å². The molecule has 0 bridgehead atoms. The number of aromatic nitrogens is 3. The number of nitrogens with one attached hydrogen (secondary N) is 1. The average Bonchev–Trinajstić information content (AvgIpc) is 3.17. The van der Waals surface area contributed by atoms with Gasteiger partial charge < -0.3 is 9.73 Å². The quantitative estimate of drug-likeness (QED) is 0.574. The summed E-state index contributed by atoms with van der Waals surface area (Å²) in [6.07, 6.45) is 5.18. The Labute approximate surface area is 149 Å². The van der Waals surface area contributed by atoms with Gasteiger partial charge in [0, 0.05) is 29.7 Å². The predicted molar refractivity (Wildman–Crippen MR) is 96.7 cm³/mol. The fraction of sp³-hybridized carbons (Fsp3) is 0.0500. The van der Waals surface area contributed by atoms with Gasteiger partial charge in [-0.05, 0) is 54.6 Å². The van der Waals surface area contributed by atoms with Gasteiger partial charge in [0.1, 0.15) is 17.3 Å². The largest absolute Gasteiger partial charge is 0.459 e. The molecule has 0 spiro atoms. The van der Waals surface area contributed by atoms with E-state index in [-0.39, 0.29) is 5.82 Å². The number of anilines is 1. The molecule has 128 valence electrons. The standard InChI is InChI=1S/C20H15FN4O/c21-16-5-3-14(4-6-16)19-8-7-17(26-19)13-24-20-23-11-9-18(25-20)15-2-1-10-22-12-15/h1-12H,13H2,(H,23,24,25). The second-order valence-electron chi connectivity index (χ2n) is 5.63. The third-order valence-corrected chi connectivity index (χ3v) is 3.82. The SMILES string of the molecule is Fc1ccc(-c2ccc(CNc3nccc(-c4cccnc4)n3)o2)cc1. The fourth-order valence-corrected chi connectivity index (χ4v) is 2.53. The Kier molecular flexibility index (Phi) is 4.38. The lowest BCUT2D eigenvalue weighted by atomic mass is 10.2. The van der Waals surface area contributed by atoms with Crippen molar-refractivity contribution >= 4 is 5.95 Å². The summed E-state index contributed by atoms with van der Waals surface area (Å²) in [6, 6.07) is 15.6. The Morgan fingerprint density at radius 1 is 0.923 bits per heavy atom. The monoisotopic (exact) mass is 346 g/mol. The number of benzene rings is 1. The van der Waals surface area contributed by atoms with Crippen molar-refractivity contribution in [1.29, 1.82) is 0 Å². The van der Waals surface area contributed by atoms with Gasteiger partial charge in [-0.25, -0.2) is 14.4 Å². The van der Waals surface area contributed by atoms with E-state index in [0.717, 1.165) is 22.6 Å². The van der Waals surface area contributed by atoms with Crippen molar-refractivity contribution in [1.82, 2.24) is 15.0 Å². The second-order valence-corrected chi connectivity index (χ2v) is 5.63. The lowest BCUT2D eigenvalue weighted by Gasteiger charge is -2.05. The molecular formula is C20H15FN4O. The summed E-state index contributed by atoms with van der Waals surface area (Å²) in [5.74, 6) is 1.66. The molecule has 1 N–H and O–H groups in total. The van der Waals surface area contributed by atoms with Crippen LogP contribution in [0.4, 0.5) is 10.3 Å². The molecule has 0 unspecified atom stereocenters. The fourth-order valence-electron chi connectivity index (χ4n) is 2.53. The highest BCUT2D eigenvalue weighted by atomic mass is 19.1. The molecule has 0 aliphatic carbocycles. The van der Waals surface area contributed by atoms with E-state index in [4.69, 9.17) is 4.42 Å². The van der Waals surface area contributed by atoms with Crippen molar-refractivity contribution in [2.24, 2.45) is 0 Å². The Morgan fingerprint density at radius 2 is 1.81 bits per heavy atom. The van der Waals surface area contributed by atoms with Crippen LogP contribution < -0.4 is 5.32 Å². The molecule has 0 fully saturated rings. The molecule has 6 heteroatoms. The van der Waals surface area contributed by atoms with E-state index in [9.17, 15) is 4.39 Å². The normalized spacial score (nSPS) is 10.7. The van der Waals surface area contributed by atoms with E-state index >= 15 is 0 Å². The van der Waals surface area contributed by atoms with Crippen LogP contribution in [0.15, 0.2) is 77.6 Å². The minimum absolute atomic E-state index is 0.271. The summed E-state index contributed by atoms with van der Waals surface area (Å²) in [5.41, 5.74) is 2.55. The maximum atomic E-state index is 13.0. The number of halogens is 1. The highest BCUT2D eigenvalue weighted by Crippen LogP contribution is 2.23. The number of pyridine rings is 1. The van der Waals surface area contributed by atoms with E-state index < -0.39 is 0 Å². The third-order valence-electron chi connectivity index (χ3n) is 3.82. The highest BCUT2D eigenvalue weighted by Gasteiger charge is 2.07. The van der Waals surface area contributed by atoms with Crippen LogP contribution >= 0.6 is 0 Å². The first-order chi connectivity index (χ1) is 12.8. The molecule has 3 aromatic heterocycles. The second kappa shape index (κ2) is 7.14. The Morgan fingerprint density at radius 3 is 2.62 bits per heavy atom. The lowest BCUT2D eigenvalue weighted by Crippen LogP contribution is -2.03. The minimum Gasteiger partial charge on any atom is -0.459 e. The topological polar surface area (TPSA) is 63.8 Å². The van der Waals surface area contributed by atoms with Crippen molar-refractivity contribution in [3.05, 3.63) is 84.8 Å². The van der Waals surface area contributed by atoms with Gasteiger partial charge in [-0.15, -0.1) is 0 Å². The molecule has 0 saturated heterocycles. The molecule has 0 atom stereocenters. The van der Waals surface area contributed by atoms with Crippen LogP contribution in [0.2, 0.25) is 0 Å². The van der Waals surface area contributed by atoms with E-state index in [1.54, 1.807) is 30.7 Å². The molecule has 0 radical (unpaired) electrons. The molecule has 5 nitrogen and oxygen atoms in total. The van der Waals surface area contributed by atoms with E-state index in [1.165, 1.54) is 12.1 Å². The zero-order chi connectivity index (χ0) is 17.8. The zero-order valence-electron chi connectivity index (χ0n) is 13.8. The van der Waals surface area contributed by atoms with Crippen molar-refractivity contribution in [3.8, 4) is 22.6 Å². The Balaban J connectivity index is 1.46. The van der Waals surface area contributed by atoms with E-state index in [2.05, 4.69) is 20.3 Å². The smallest absolute Gasteiger partial charge is 0.223 e. The van der Waals surface area contributed by atoms with E-state index in [1.807, 2.05) is 30.3 Å². The first kappa shape index (κ1) is 16.0. The van der Waals surface area contributed by atoms with E-state index in [0.29, 0.717) is 18.3 Å². The van der Waals surface area contributed by atoms with Gasteiger partial charge in [0.05, 0.1) is 12.2 Å². The predicted octanol–water partition coefficient (Wildman–Crippen LogP) is 4.55. The molecule has 0 saturated carbocycles. The average molecular weight is 346 g/mol. The van der Waals surface area contributed by atoms with Gasteiger partial charge in [0.25, 0.3) is 0 Å². The number of nitrogens with zero attached hydrogens (tertiary/aromatic N) is 3. The van der Waals surface area contributed by atoms with Gasteiger partial charge in [-0.3, -0.25) is 4.98 Å². The summed E-state index contributed by atoms with van der Waals surface area (Å²) in [6.45, 7) is 0.442. The van der Waals surface area contributed by atoms with Crippen LogP contribution in [0.25, 0.3) is 22.6 Å². The molecule has 1 aromatic carbocycles. The lowest BCUT2D eigenvalue weighted by molar-refractivity contribution is 0.530. The molecular weight excluding hydrogens is 331 g/mol. The first-order valence-corrected chi connectivity index (χ1v) is 8.10. The minimum atomic E-state index is -0.271. The van der Waals surface area contributed by atoms with Gasteiger partial charge in [-0.2, -0.15) is 0 Å². The highest BCUT2D eigenvalue weighted by molar-refractivity contribution is 5.59. The van der Waals surface area contributed by atoms with Crippen LogP contribution in [0.5, 0.6) is 0 Å².